The fraction of sp³-hybridized carbons (Fsp3) is 0.312. The molecule has 0 saturated heterocycles. The van der Waals surface area contributed by atoms with Gasteiger partial charge in [-0.1, -0.05) is 13.0 Å². The summed E-state index contributed by atoms with van der Waals surface area (Å²) in [6.45, 7) is 5.73. The van der Waals surface area contributed by atoms with Gasteiger partial charge in [0.2, 0.25) is 0 Å². The first-order chi connectivity index (χ1) is 9.20. The van der Waals surface area contributed by atoms with Crippen LogP contribution >= 0.6 is 0 Å². The van der Waals surface area contributed by atoms with Crippen LogP contribution in [0.25, 0.3) is 11.1 Å². The Morgan fingerprint density at radius 3 is 2.74 bits per heavy atom. The molecule has 0 fully saturated rings. The maximum absolute atomic E-state index is 13.3. The summed E-state index contributed by atoms with van der Waals surface area (Å²) in [5, 5.41) is 3.35. The number of aryl methyl sites for hydroxylation is 1. The van der Waals surface area contributed by atoms with E-state index in [0.717, 1.165) is 36.2 Å². The number of rotatable bonds is 5. The Labute approximate surface area is 113 Å². The zero-order chi connectivity index (χ0) is 13.7. The fourth-order valence-corrected chi connectivity index (χ4v) is 1.98. The van der Waals surface area contributed by atoms with Crippen molar-refractivity contribution in [2.24, 2.45) is 0 Å². The predicted octanol–water partition coefficient (Wildman–Crippen LogP) is 3.70. The van der Waals surface area contributed by atoms with E-state index < -0.39 is 0 Å². The lowest BCUT2D eigenvalue weighted by atomic mass is 10.0. The van der Waals surface area contributed by atoms with Crippen molar-refractivity contribution in [3.8, 4) is 11.1 Å². The number of nitrogens with one attached hydrogen (secondary N) is 1. The molecule has 1 aromatic carbocycles. The third-order valence-corrected chi connectivity index (χ3v) is 3.04. The van der Waals surface area contributed by atoms with Gasteiger partial charge < -0.3 is 5.32 Å². The summed E-state index contributed by atoms with van der Waals surface area (Å²) in [5.41, 5.74) is 3.84. The molecule has 0 spiro atoms. The minimum absolute atomic E-state index is 0.169. The Morgan fingerprint density at radius 2 is 2.00 bits per heavy atom. The maximum atomic E-state index is 13.3. The van der Waals surface area contributed by atoms with Crippen LogP contribution in [0, 0.1) is 12.7 Å². The van der Waals surface area contributed by atoms with Gasteiger partial charge in [0.25, 0.3) is 0 Å². The molecule has 0 aliphatic rings. The molecule has 0 bridgehead atoms. The monoisotopic (exact) mass is 258 g/mol. The molecule has 0 aliphatic carbocycles. The number of hydrogen-bond donors (Lipinski definition) is 1. The molecule has 0 atom stereocenters. The molecule has 2 aromatic rings. The van der Waals surface area contributed by atoms with Gasteiger partial charge in [0.15, 0.2) is 0 Å². The highest BCUT2D eigenvalue weighted by atomic mass is 19.1. The third kappa shape index (κ3) is 3.61. The minimum atomic E-state index is -0.169. The Hall–Kier alpha value is -1.74. The van der Waals surface area contributed by atoms with Crippen LogP contribution < -0.4 is 5.32 Å². The highest BCUT2D eigenvalue weighted by Gasteiger charge is 2.03. The van der Waals surface area contributed by atoms with Crippen LogP contribution in [-0.4, -0.2) is 11.5 Å². The van der Waals surface area contributed by atoms with Gasteiger partial charge in [0.05, 0.1) is 0 Å². The molecule has 0 radical (unpaired) electrons. The Bertz CT molecular complexity index is 552. The van der Waals surface area contributed by atoms with Crippen molar-refractivity contribution < 1.29 is 4.39 Å². The number of hydrogen-bond acceptors (Lipinski definition) is 2. The number of aromatic nitrogens is 1. The van der Waals surface area contributed by atoms with Crippen LogP contribution in [0.3, 0.4) is 0 Å². The van der Waals surface area contributed by atoms with Crippen molar-refractivity contribution in [1.82, 2.24) is 10.3 Å². The van der Waals surface area contributed by atoms with Crippen LogP contribution in [-0.2, 0) is 6.54 Å². The molecule has 0 amide bonds. The van der Waals surface area contributed by atoms with E-state index in [-0.39, 0.29) is 5.82 Å². The normalized spacial score (nSPS) is 10.7. The van der Waals surface area contributed by atoms with Crippen molar-refractivity contribution in [3.05, 3.63) is 53.6 Å². The van der Waals surface area contributed by atoms with Gasteiger partial charge in [-0.05, 0) is 54.8 Å². The van der Waals surface area contributed by atoms with Gasteiger partial charge in [-0.2, -0.15) is 0 Å². The lowest BCUT2D eigenvalue weighted by molar-refractivity contribution is 0.619. The predicted molar refractivity (Wildman–Crippen MR) is 76.4 cm³/mol. The minimum Gasteiger partial charge on any atom is -0.313 e. The second-order valence-corrected chi connectivity index (χ2v) is 4.72. The van der Waals surface area contributed by atoms with Gasteiger partial charge in [-0.25, -0.2) is 4.39 Å². The van der Waals surface area contributed by atoms with Crippen LogP contribution in [0.5, 0.6) is 0 Å². The maximum Gasteiger partial charge on any atom is 0.126 e. The van der Waals surface area contributed by atoms with E-state index in [1.165, 1.54) is 6.07 Å². The summed E-state index contributed by atoms with van der Waals surface area (Å²) in [5.74, 6) is -0.169. The van der Waals surface area contributed by atoms with Gasteiger partial charge in [-0.3, -0.25) is 4.98 Å². The summed E-state index contributed by atoms with van der Waals surface area (Å²) in [6, 6.07) is 7.26. The highest BCUT2D eigenvalue weighted by Crippen LogP contribution is 2.21. The van der Waals surface area contributed by atoms with E-state index in [9.17, 15) is 4.39 Å². The second kappa shape index (κ2) is 6.43. The van der Waals surface area contributed by atoms with Crippen molar-refractivity contribution >= 4 is 0 Å². The molecule has 2 nitrogen and oxygen atoms in total. The van der Waals surface area contributed by atoms with E-state index in [2.05, 4.69) is 23.3 Å². The third-order valence-electron chi connectivity index (χ3n) is 3.04. The van der Waals surface area contributed by atoms with Gasteiger partial charge in [0, 0.05) is 24.5 Å². The summed E-state index contributed by atoms with van der Waals surface area (Å²) in [4.78, 5) is 4.26. The molecule has 19 heavy (non-hydrogen) atoms. The molecule has 0 saturated carbocycles. The molecule has 2 rings (SSSR count). The van der Waals surface area contributed by atoms with Gasteiger partial charge >= 0.3 is 0 Å². The fourth-order valence-electron chi connectivity index (χ4n) is 1.98. The van der Waals surface area contributed by atoms with E-state index >= 15 is 0 Å². The number of benzene rings is 1. The van der Waals surface area contributed by atoms with Crippen LogP contribution in [0.4, 0.5) is 4.39 Å². The highest BCUT2D eigenvalue weighted by molar-refractivity contribution is 5.63. The van der Waals surface area contributed by atoms with E-state index in [4.69, 9.17) is 0 Å². The topological polar surface area (TPSA) is 24.9 Å². The first-order valence-electron chi connectivity index (χ1n) is 6.62. The Morgan fingerprint density at radius 1 is 1.16 bits per heavy atom. The van der Waals surface area contributed by atoms with Crippen molar-refractivity contribution in [1.29, 1.82) is 0 Å². The Balaban J connectivity index is 2.19. The van der Waals surface area contributed by atoms with Crippen LogP contribution in [0.1, 0.15) is 24.5 Å². The first kappa shape index (κ1) is 13.7. The summed E-state index contributed by atoms with van der Waals surface area (Å²) < 4.78 is 13.3. The average molecular weight is 258 g/mol. The standard InChI is InChI=1S/C16H19FN2/c1-3-6-18-9-13-8-15(11-19-10-13)14-4-5-16(17)12(2)7-14/h4-5,7-8,10-11,18H,3,6,9H2,1-2H3. The zero-order valence-electron chi connectivity index (χ0n) is 11.4. The lowest BCUT2D eigenvalue weighted by Crippen LogP contribution is -2.13. The molecule has 1 N–H and O–H groups in total. The van der Waals surface area contributed by atoms with Gasteiger partial charge in [0.1, 0.15) is 5.82 Å². The van der Waals surface area contributed by atoms with Crippen molar-refractivity contribution in [3.63, 3.8) is 0 Å². The smallest absolute Gasteiger partial charge is 0.126 e. The summed E-state index contributed by atoms with van der Waals surface area (Å²) in [6.07, 6.45) is 4.79. The molecular formula is C16H19FN2. The van der Waals surface area contributed by atoms with Crippen molar-refractivity contribution in [2.75, 3.05) is 6.54 Å². The van der Waals surface area contributed by atoms with Crippen LogP contribution in [0.2, 0.25) is 0 Å². The number of pyridine rings is 1. The molecule has 0 unspecified atom stereocenters. The molecule has 0 aliphatic heterocycles. The quantitative estimate of drug-likeness (QED) is 0.827. The van der Waals surface area contributed by atoms with Gasteiger partial charge in [-0.15, -0.1) is 0 Å². The largest absolute Gasteiger partial charge is 0.313 e. The van der Waals surface area contributed by atoms with Crippen molar-refractivity contribution in [2.45, 2.75) is 26.8 Å². The molecule has 1 aromatic heterocycles. The molecular weight excluding hydrogens is 239 g/mol. The van der Waals surface area contributed by atoms with Crippen LogP contribution in [0.15, 0.2) is 36.7 Å². The second-order valence-electron chi connectivity index (χ2n) is 4.72. The SMILES string of the molecule is CCCNCc1cncc(-c2ccc(F)c(C)c2)c1. The molecule has 100 valence electrons. The zero-order valence-corrected chi connectivity index (χ0v) is 11.4. The summed E-state index contributed by atoms with van der Waals surface area (Å²) >= 11 is 0. The summed E-state index contributed by atoms with van der Waals surface area (Å²) in [7, 11) is 0. The number of nitrogens with zero attached hydrogens (tertiary/aromatic N) is 1. The average Bonchev–Trinajstić information content (AvgIpc) is 2.43. The number of halogens is 1. The first-order valence-corrected chi connectivity index (χ1v) is 6.62. The van der Waals surface area contributed by atoms with E-state index in [0.29, 0.717) is 5.56 Å². The molecule has 1 heterocycles. The van der Waals surface area contributed by atoms with E-state index in [1.54, 1.807) is 13.0 Å². The van der Waals surface area contributed by atoms with E-state index in [1.807, 2.05) is 18.5 Å². The lowest BCUT2D eigenvalue weighted by Gasteiger charge is -2.07. The Kier molecular flexibility index (Phi) is 4.63. The molecule has 3 heteroatoms.